The molecule has 7 nitrogen and oxygen atoms in total. The van der Waals surface area contributed by atoms with Crippen LogP contribution in [0.4, 0.5) is 8.78 Å². The highest BCUT2D eigenvalue weighted by atomic mass is 35.5. The maximum Gasteiger partial charge on any atom is 0.335 e. The largest absolute Gasteiger partial charge is 0.423 e. The van der Waals surface area contributed by atoms with Gasteiger partial charge in [-0.1, -0.05) is 30.8 Å². The summed E-state index contributed by atoms with van der Waals surface area (Å²) in [6.07, 6.45) is 4.24. The summed E-state index contributed by atoms with van der Waals surface area (Å²) >= 11 is 6.31. The van der Waals surface area contributed by atoms with Crippen molar-refractivity contribution in [1.29, 1.82) is 0 Å². The molecule has 0 bridgehead atoms. The van der Waals surface area contributed by atoms with Crippen molar-refractivity contribution in [2.45, 2.75) is 24.9 Å². The third kappa shape index (κ3) is 4.10. The second kappa shape index (κ2) is 9.18. The Hall–Kier alpha value is -3.85. The Morgan fingerprint density at radius 1 is 1.21 bits per heavy atom. The molecule has 1 saturated carbocycles. The molecule has 0 atom stereocenters. The summed E-state index contributed by atoms with van der Waals surface area (Å²) in [6.45, 7) is 6.68. The molecule has 1 fully saturated rings. The number of ether oxygens (including phenoxy) is 1. The van der Waals surface area contributed by atoms with Gasteiger partial charge in [-0.3, -0.25) is 14.2 Å². The van der Waals surface area contributed by atoms with Crippen LogP contribution in [-0.4, -0.2) is 27.5 Å². The molecule has 0 unspecified atom stereocenters. The molecule has 4 rings (SSSR count). The number of carbonyl (C=O) groups is 2. The van der Waals surface area contributed by atoms with Crippen molar-refractivity contribution in [3.05, 3.63) is 82.9 Å². The Bertz CT molecular complexity index is 1410. The van der Waals surface area contributed by atoms with Crippen LogP contribution < -0.4 is 15.6 Å². The second-order valence-corrected chi connectivity index (χ2v) is 8.08. The van der Waals surface area contributed by atoms with E-state index in [-0.39, 0.29) is 50.8 Å². The summed E-state index contributed by atoms with van der Waals surface area (Å²) < 4.78 is 36.7. The molecular weight excluding hydrogens is 468 g/mol. The van der Waals surface area contributed by atoms with Gasteiger partial charge in [0.1, 0.15) is 17.1 Å². The van der Waals surface area contributed by atoms with E-state index in [1.54, 1.807) is 0 Å². The topological polar surface area (TPSA) is 90.3 Å². The zero-order valence-electron chi connectivity index (χ0n) is 17.7. The van der Waals surface area contributed by atoms with E-state index in [2.05, 4.69) is 23.5 Å². The first-order valence-corrected chi connectivity index (χ1v) is 10.6. The maximum atomic E-state index is 15.6. The number of aromatic nitrogens is 2. The number of fused-ring (bicyclic) bond motifs is 1. The third-order valence-corrected chi connectivity index (χ3v) is 5.91. The molecule has 1 aliphatic carbocycles. The van der Waals surface area contributed by atoms with Crippen molar-refractivity contribution in [3.63, 3.8) is 0 Å². The van der Waals surface area contributed by atoms with Crippen molar-refractivity contribution < 1.29 is 23.1 Å². The lowest BCUT2D eigenvalue weighted by Crippen LogP contribution is -2.46. The van der Waals surface area contributed by atoms with Gasteiger partial charge in [0.15, 0.2) is 5.82 Å². The van der Waals surface area contributed by atoms with Crippen LogP contribution >= 0.6 is 11.6 Å². The molecule has 1 heterocycles. The van der Waals surface area contributed by atoms with E-state index in [0.29, 0.717) is 12.8 Å². The van der Waals surface area contributed by atoms with Gasteiger partial charge in [-0.2, -0.15) is 0 Å². The average Bonchev–Trinajstić information content (AvgIpc) is 2.78. The van der Waals surface area contributed by atoms with Crippen LogP contribution in [0.1, 0.15) is 18.9 Å². The monoisotopic (exact) mass is 485 g/mol. The lowest BCUT2D eigenvalue weighted by molar-refractivity contribution is -0.129. The number of hydrogen-bond donors (Lipinski definition) is 1. The lowest BCUT2D eigenvalue weighted by atomic mass is 9.86. The number of nitrogens with one attached hydrogen (secondary N) is 1. The van der Waals surface area contributed by atoms with Gasteiger partial charge >= 0.3 is 5.97 Å². The molecule has 0 radical (unpaired) electrons. The van der Waals surface area contributed by atoms with Crippen LogP contribution in [0.25, 0.3) is 22.0 Å². The zero-order chi connectivity index (χ0) is 24.6. The van der Waals surface area contributed by atoms with E-state index < -0.39 is 23.2 Å². The fourth-order valence-corrected chi connectivity index (χ4v) is 4.16. The highest BCUT2D eigenvalue weighted by molar-refractivity contribution is 6.34. The van der Waals surface area contributed by atoms with Gasteiger partial charge in [0, 0.05) is 23.7 Å². The first-order valence-electron chi connectivity index (χ1n) is 10.2. The molecule has 0 saturated heterocycles. The van der Waals surface area contributed by atoms with Crippen molar-refractivity contribution in [2.24, 2.45) is 0 Å². The van der Waals surface area contributed by atoms with Crippen LogP contribution in [0.3, 0.4) is 0 Å². The minimum absolute atomic E-state index is 0.0895. The second-order valence-electron chi connectivity index (χ2n) is 7.67. The Balaban J connectivity index is 1.77. The van der Waals surface area contributed by atoms with E-state index in [9.17, 15) is 18.8 Å². The molecule has 1 N–H and O–H groups in total. The number of rotatable bonds is 6. The fourth-order valence-electron chi connectivity index (χ4n) is 3.87. The molecular formula is C24H18ClF2N3O4. The Kier molecular flexibility index (Phi) is 6.30. The van der Waals surface area contributed by atoms with Crippen molar-refractivity contribution in [3.8, 4) is 16.9 Å². The predicted octanol–water partition coefficient (Wildman–Crippen LogP) is 4.09. The highest BCUT2D eigenvalue weighted by Crippen LogP contribution is 2.41. The fraction of sp³-hybridized carbons (Fsp3) is 0.167. The summed E-state index contributed by atoms with van der Waals surface area (Å²) in [7, 11) is 0. The number of amides is 1. The summed E-state index contributed by atoms with van der Waals surface area (Å²) in [5.74, 6) is -3.35. The van der Waals surface area contributed by atoms with Crippen LogP contribution in [0, 0.1) is 11.6 Å². The SMILES string of the molecule is C=CC(=O)NC1CC(n2cnc3c(F)c(-c4c(F)cccc4OC(=O)C=C)c(Cl)cc3c2=O)C1. The first kappa shape index (κ1) is 23.3. The van der Waals surface area contributed by atoms with Gasteiger partial charge < -0.3 is 10.1 Å². The average molecular weight is 486 g/mol. The number of esters is 1. The molecule has 1 aliphatic rings. The van der Waals surface area contributed by atoms with Crippen LogP contribution in [0.5, 0.6) is 5.75 Å². The van der Waals surface area contributed by atoms with Crippen LogP contribution in [-0.2, 0) is 9.59 Å². The molecule has 0 spiro atoms. The number of benzene rings is 2. The molecule has 0 aliphatic heterocycles. The van der Waals surface area contributed by atoms with E-state index in [0.717, 1.165) is 12.1 Å². The molecule has 174 valence electrons. The van der Waals surface area contributed by atoms with E-state index >= 15 is 4.39 Å². The molecule has 2 aromatic carbocycles. The predicted molar refractivity (Wildman–Crippen MR) is 123 cm³/mol. The standard InChI is InChI=1S/C24H18ClF2N3O4/c1-3-18(31)29-12-8-13(9-12)30-11-28-23-14(24(30)33)10-15(25)20(22(23)27)21-16(26)6-5-7-17(21)34-19(32)4-2/h3-7,10-13H,1-2,8-9H2,(H,29,31). The zero-order valence-corrected chi connectivity index (χ0v) is 18.4. The Morgan fingerprint density at radius 2 is 1.94 bits per heavy atom. The van der Waals surface area contributed by atoms with Gasteiger partial charge in [0.2, 0.25) is 5.91 Å². The number of halogens is 3. The summed E-state index contributed by atoms with van der Waals surface area (Å²) in [5.41, 5.74) is -1.60. The summed E-state index contributed by atoms with van der Waals surface area (Å²) in [4.78, 5) is 40.2. The number of nitrogens with zero attached hydrogens (tertiary/aromatic N) is 2. The van der Waals surface area contributed by atoms with Crippen molar-refractivity contribution in [1.82, 2.24) is 14.9 Å². The van der Waals surface area contributed by atoms with Crippen molar-refractivity contribution in [2.75, 3.05) is 0 Å². The minimum atomic E-state index is -1.03. The normalized spacial score (nSPS) is 17.0. The highest BCUT2D eigenvalue weighted by Gasteiger charge is 2.33. The van der Waals surface area contributed by atoms with Crippen molar-refractivity contribution >= 4 is 34.4 Å². The summed E-state index contributed by atoms with van der Waals surface area (Å²) in [5, 5.41) is 2.40. The number of hydrogen-bond acceptors (Lipinski definition) is 5. The van der Waals surface area contributed by atoms with Crippen LogP contribution in [0.15, 0.2) is 60.7 Å². The molecule has 34 heavy (non-hydrogen) atoms. The van der Waals surface area contributed by atoms with Gasteiger partial charge in [-0.05, 0) is 37.1 Å². The molecule has 1 aromatic heterocycles. The van der Waals surface area contributed by atoms with Gasteiger partial charge in [-0.15, -0.1) is 0 Å². The lowest BCUT2D eigenvalue weighted by Gasteiger charge is -2.36. The molecule has 10 heteroatoms. The van der Waals surface area contributed by atoms with Gasteiger partial charge in [-0.25, -0.2) is 18.6 Å². The smallest absolute Gasteiger partial charge is 0.335 e. The van der Waals surface area contributed by atoms with E-state index in [1.807, 2.05) is 0 Å². The molecule has 1 amide bonds. The van der Waals surface area contributed by atoms with E-state index in [1.165, 1.54) is 35.2 Å². The maximum absolute atomic E-state index is 15.6. The van der Waals surface area contributed by atoms with Crippen LogP contribution in [0.2, 0.25) is 5.02 Å². The third-order valence-electron chi connectivity index (χ3n) is 5.61. The number of carbonyl (C=O) groups excluding carboxylic acids is 2. The first-order chi connectivity index (χ1) is 16.2. The quantitative estimate of drug-likeness (QED) is 0.322. The Morgan fingerprint density at radius 3 is 2.62 bits per heavy atom. The van der Waals surface area contributed by atoms with Gasteiger partial charge in [0.05, 0.1) is 22.3 Å². The van der Waals surface area contributed by atoms with E-state index in [4.69, 9.17) is 16.3 Å². The Labute approximate surface area is 197 Å². The van der Waals surface area contributed by atoms with Gasteiger partial charge in [0.25, 0.3) is 5.56 Å². The summed E-state index contributed by atoms with van der Waals surface area (Å²) in [6, 6.07) is 4.49. The minimum Gasteiger partial charge on any atom is -0.423 e. The molecule has 3 aromatic rings.